The molecule has 62 valence electrons. The van der Waals surface area contributed by atoms with Crippen molar-refractivity contribution in [2.75, 3.05) is 0 Å². The Hall–Kier alpha value is -2.15. The van der Waals surface area contributed by atoms with Gasteiger partial charge in [-0.15, -0.1) is 5.10 Å². The van der Waals surface area contributed by atoms with Gasteiger partial charge in [-0.05, 0) is 12.1 Å². The third-order valence-corrected chi connectivity index (χ3v) is 1.74. The second kappa shape index (κ2) is 2.72. The molecule has 0 aliphatic carbocycles. The normalized spacial score (nSPS) is 9.77. The minimum Gasteiger partial charge on any atom is -0.203 e. The summed E-state index contributed by atoms with van der Waals surface area (Å²) < 4.78 is 1.43. The Morgan fingerprint density at radius 3 is 3.00 bits per heavy atom. The molecule has 2 rings (SSSR count). The molecule has 0 bridgehead atoms. The first-order valence-electron chi connectivity index (χ1n) is 3.73. The zero-order chi connectivity index (χ0) is 9.26. The Balaban J connectivity index is 2.73. The Bertz CT molecular complexity index is 504. The van der Waals surface area contributed by atoms with Crippen LogP contribution in [0.5, 0.6) is 0 Å². The molecule has 2 aromatic rings. The number of hydrogen-bond acceptors (Lipinski definition) is 3. The van der Waals surface area contributed by atoms with Crippen molar-refractivity contribution in [1.82, 2.24) is 15.0 Å². The molecule has 1 aromatic carbocycles. The summed E-state index contributed by atoms with van der Waals surface area (Å²) in [7, 11) is 0. The van der Waals surface area contributed by atoms with Crippen LogP contribution in [0.3, 0.4) is 0 Å². The molecule has 4 nitrogen and oxygen atoms in total. The third-order valence-electron chi connectivity index (χ3n) is 1.74. The number of nitriles is 1. The van der Waals surface area contributed by atoms with Gasteiger partial charge >= 0.3 is 0 Å². The lowest BCUT2D eigenvalue weighted by Gasteiger charge is -1.94. The number of nitrogens with zero attached hydrogens (tertiary/aromatic N) is 4. The van der Waals surface area contributed by atoms with Gasteiger partial charge in [0.15, 0.2) is 0 Å². The predicted molar refractivity (Wildman–Crippen MR) is 48.5 cm³/mol. The summed E-state index contributed by atoms with van der Waals surface area (Å²) in [4.78, 5) is 0. The van der Waals surface area contributed by atoms with Crippen molar-refractivity contribution in [1.29, 1.82) is 5.26 Å². The number of hydrogen-bond donors (Lipinski definition) is 0. The lowest BCUT2D eigenvalue weighted by atomic mass is 10.3. The fraction of sp³-hybridized carbons (Fsp3) is 0. The van der Waals surface area contributed by atoms with Crippen molar-refractivity contribution < 1.29 is 0 Å². The first-order chi connectivity index (χ1) is 6.33. The minimum atomic E-state index is 0.272. The summed E-state index contributed by atoms with van der Waals surface area (Å²) in [5.74, 6) is 0. The van der Waals surface area contributed by atoms with Crippen LogP contribution in [0.4, 0.5) is 0 Å². The molecular formula is C9H6N4. The minimum absolute atomic E-state index is 0.272. The summed E-state index contributed by atoms with van der Waals surface area (Å²) in [6.45, 7) is 3.57. The predicted octanol–water partition coefficient (Wildman–Crippen LogP) is 1.43. The second-order valence-corrected chi connectivity index (χ2v) is 2.55. The van der Waals surface area contributed by atoms with E-state index in [1.165, 1.54) is 4.68 Å². The van der Waals surface area contributed by atoms with Gasteiger partial charge in [0.05, 0.1) is 5.52 Å². The van der Waals surface area contributed by atoms with E-state index in [2.05, 4.69) is 16.9 Å². The van der Waals surface area contributed by atoms with Gasteiger partial charge in [0, 0.05) is 0 Å². The van der Waals surface area contributed by atoms with Crippen molar-refractivity contribution in [2.45, 2.75) is 0 Å². The molecule has 1 heterocycles. The van der Waals surface area contributed by atoms with Crippen LogP contribution in [0.1, 0.15) is 0 Å². The molecule has 0 atom stereocenters. The summed E-state index contributed by atoms with van der Waals surface area (Å²) >= 11 is 0. The highest BCUT2D eigenvalue weighted by atomic mass is 15.4. The summed E-state index contributed by atoms with van der Waals surface area (Å²) in [5.41, 5.74) is 1.83. The van der Waals surface area contributed by atoms with E-state index in [-0.39, 0.29) is 5.70 Å². The van der Waals surface area contributed by atoms with E-state index < -0.39 is 0 Å². The monoisotopic (exact) mass is 170 g/mol. The molecule has 1 aromatic heterocycles. The molecule has 0 spiro atoms. The Morgan fingerprint density at radius 2 is 2.23 bits per heavy atom. The zero-order valence-corrected chi connectivity index (χ0v) is 6.81. The van der Waals surface area contributed by atoms with Crippen LogP contribution >= 0.6 is 0 Å². The maximum absolute atomic E-state index is 8.63. The van der Waals surface area contributed by atoms with Crippen LogP contribution in [0.2, 0.25) is 0 Å². The molecule has 0 amide bonds. The van der Waals surface area contributed by atoms with Crippen molar-refractivity contribution in [3.63, 3.8) is 0 Å². The molecule has 0 N–H and O–H groups in total. The number of para-hydroxylation sites is 1. The molecule has 13 heavy (non-hydrogen) atoms. The average molecular weight is 170 g/mol. The highest BCUT2D eigenvalue weighted by Gasteiger charge is 2.04. The first kappa shape index (κ1) is 7.50. The van der Waals surface area contributed by atoms with Crippen molar-refractivity contribution in [2.24, 2.45) is 0 Å². The van der Waals surface area contributed by atoms with E-state index in [0.717, 1.165) is 11.0 Å². The number of allylic oxidation sites excluding steroid dienone is 1. The fourth-order valence-corrected chi connectivity index (χ4v) is 1.12. The van der Waals surface area contributed by atoms with Gasteiger partial charge in [0.25, 0.3) is 0 Å². The number of rotatable bonds is 1. The van der Waals surface area contributed by atoms with Crippen molar-refractivity contribution in [3.05, 3.63) is 30.8 Å². The first-order valence-corrected chi connectivity index (χ1v) is 3.73. The smallest absolute Gasteiger partial charge is 0.137 e. The Morgan fingerprint density at radius 1 is 1.46 bits per heavy atom. The summed E-state index contributed by atoms with van der Waals surface area (Å²) in [5, 5.41) is 16.3. The van der Waals surface area contributed by atoms with E-state index in [1.807, 2.05) is 30.3 Å². The quantitative estimate of drug-likeness (QED) is 0.608. The lowest BCUT2D eigenvalue weighted by Crippen LogP contribution is -1.95. The topological polar surface area (TPSA) is 54.5 Å². The van der Waals surface area contributed by atoms with E-state index >= 15 is 0 Å². The van der Waals surface area contributed by atoms with E-state index in [4.69, 9.17) is 5.26 Å². The van der Waals surface area contributed by atoms with Gasteiger partial charge in [-0.1, -0.05) is 23.9 Å². The highest BCUT2D eigenvalue weighted by Crippen LogP contribution is 2.12. The molecule has 0 saturated heterocycles. The van der Waals surface area contributed by atoms with E-state index in [0.29, 0.717) is 0 Å². The van der Waals surface area contributed by atoms with Gasteiger partial charge in [-0.3, -0.25) is 0 Å². The second-order valence-electron chi connectivity index (χ2n) is 2.55. The zero-order valence-electron chi connectivity index (χ0n) is 6.81. The van der Waals surface area contributed by atoms with Crippen molar-refractivity contribution in [3.8, 4) is 6.07 Å². The largest absolute Gasteiger partial charge is 0.203 e. The van der Waals surface area contributed by atoms with E-state index in [1.54, 1.807) is 0 Å². The summed E-state index contributed by atoms with van der Waals surface area (Å²) in [6, 6.07) is 9.35. The molecule has 0 unspecified atom stereocenters. The fourth-order valence-electron chi connectivity index (χ4n) is 1.12. The van der Waals surface area contributed by atoms with Gasteiger partial charge in [0.2, 0.25) is 0 Å². The maximum Gasteiger partial charge on any atom is 0.137 e. The van der Waals surface area contributed by atoms with E-state index in [9.17, 15) is 0 Å². The maximum atomic E-state index is 8.63. The van der Waals surface area contributed by atoms with Crippen LogP contribution in [0, 0.1) is 11.3 Å². The van der Waals surface area contributed by atoms with Crippen LogP contribution < -0.4 is 0 Å². The average Bonchev–Trinajstić information content (AvgIpc) is 2.60. The number of benzene rings is 1. The van der Waals surface area contributed by atoms with Crippen LogP contribution in [0.25, 0.3) is 16.7 Å². The molecule has 4 heteroatoms. The van der Waals surface area contributed by atoms with Gasteiger partial charge < -0.3 is 0 Å². The Kier molecular flexibility index (Phi) is 1.57. The third kappa shape index (κ3) is 1.07. The van der Waals surface area contributed by atoms with Crippen LogP contribution in [-0.4, -0.2) is 15.0 Å². The molecular weight excluding hydrogens is 164 g/mol. The lowest BCUT2D eigenvalue weighted by molar-refractivity contribution is 0.848. The van der Waals surface area contributed by atoms with Gasteiger partial charge in [0.1, 0.15) is 17.3 Å². The van der Waals surface area contributed by atoms with Gasteiger partial charge in [-0.2, -0.15) is 5.26 Å². The van der Waals surface area contributed by atoms with Gasteiger partial charge in [-0.25, -0.2) is 4.68 Å². The number of aromatic nitrogens is 3. The van der Waals surface area contributed by atoms with Crippen LogP contribution in [-0.2, 0) is 0 Å². The molecule has 0 radical (unpaired) electrons. The highest BCUT2D eigenvalue weighted by molar-refractivity contribution is 5.79. The van der Waals surface area contributed by atoms with Crippen LogP contribution in [0.15, 0.2) is 30.8 Å². The molecule has 0 fully saturated rings. The van der Waals surface area contributed by atoms with Crippen molar-refractivity contribution >= 4 is 16.7 Å². The molecule has 0 saturated carbocycles. The summed E-state index contributed by atoms with van der Waals surface area (Å²) in [6.07, 6.45) is 0. The Labute approximate surface area is 74.7 Å². The standard InChI is InChI=1S/C9H6N4/c1-7(6-10)13-9-5-3-2-4-8(9)11-12-13/h2-5H,1H2. The molecule has 0 aliphatic rings. The molecule has 0 aliphatic heterocycles. The number of fused-ring (bicyclic) bond motifs is 1. The SMILES string of the molecule is C=C(C#N)n1nnc2ccccc21.